The quantitative estimate of drug-likeness (QED) is 0.465. The summed E-state index contributed by atoms with van der Waals surface area (Å²) in [5, 5.41) is 1.15. The van der Waals surface area contributed by atoms with Crippen molar-refractivity contribution in [3.05, 3.63) is 89.4 Å². The van der Waals surface area contributed by atoms with Gasteiger partial charge in [0.05, 0.1) is 23.9 Å². The highest BCUT2D eigenvalue weighted by atomic mass is 16.5. The summed E-state index contributed by atoms with van der Waals surface area (Å²) in [6, 6.07) is 18.7. The summed E-state index contributed by atoms with van der Waals surface area (Å²) in [5.74, 6) is 0.224. The van der Waals surface area contributed by atoms with Gasteiger partial charge in [-0.2, -0.15) is 0 Å². The normalized spacial score (nSPS) is 13.6. The first kappa shape index (κ1) is 17.7. The number of esters is 1. The molecule has 2 aromatic heterocycles. The second-order valence-corrected chi connectivity index (χ2v) is 7.66. The first-order valence-corrected chi connectivity index (χ1v) is 9.95. The number of methoxy groups -OCH3 is 1. The van der Waals surface area contributed by atoms with Gasteiger partial charge in [0.15, 0.2) is 0 Å². The third kappa shape index (κ3) is 3.42. The number of carbonyl (C=O) groups excluding carboxylic acids is 1. The molecule has 1 aliphatic carbocycles. The van der Waals surface area contributed by atoms with E-state index >= 15 is 0 Å². The van der Waals surface area contributed by atoms with Crippen LogP contribution in [0.15, 0.2) is 67.0 Å². The highest BCUT2D eigenvalue weighted by Gasteiger charge is 2.26. The van der Waals surface area contributed by atoms with E-state index in [-0.39, 0.29) is 5.97 Å². The van der Waals surface area contributed by atoms with Crippen molar-refractivity contribution in [3.8, 4) is 11.1 Å². The number of nitrogens with zero attached hydrogens (tertiary/aromatic N) is 1. The van der Waals surface area contributed by atoms with Crippen molar-refractivity contribution in [3.63, 3.8) is 0 Å². The zero-order valence-electron chi connectivity index (χ0n) is 16.3. The SMILES string of the molecule is COC(=O)c1cc(C2CC2)cnc1Cc1cc(-c2ccccc2)c2[nH]ccc2c1. The molecule has 0 bridgehead atoms. The molecule has 0 unspecified atom stereocenters. The first-order valence-electron chi connectivity index (χ1n) is 9.95. The van der Waals surface area contributed by atoms with Crippen molar-refractivity contribution in [1.29, 1.82) is 0 Å². The number of hydrogen-bond acceptors (Lipinski definition) is 3. The number of carbonyl (C=O) groups is 1. The molecule has 0 amide bonds. The molecule has 4 heteroatoms. The number of hydrogen-bond donors (Lipinski definition) is 1. The van der Waals surface area contributed by atoms with Crippen molar-refractivity contribution >= 4 is 16.9 Å². The number of rotatable bonds is 5. The summed E-state index contributed by atoms with van der Waals surface area (Å²) in [4.78, 5) is 20.4. The van der Waals surface area contributed by atoms with Gasteiger partial charge in [-0.15, -0.1) is 0 Å². The van der Waals surface area contributed by atoms with E-state index in [1.165, 1.54) is 20.0 Å². The lowest BCUT2D eigenvalue weighted by atomic mass is 9.96. The Morgan fingerprint density at radius 2 is 1.97 bits per heavy atom. The second-order valence-electron chi connectivity index (χ2n) is 7.66. The van der Waals surface area contributed by atoms with Gasteiger partial charge in [-0.1, -0.05) is 30.3 Å². The Hall–Kier alpha value is -3.40. The van der Waals surface area contributed by atoms with Crippen LogP contribution in [0.4, 0.5) is 0 Å². The van der Waals surface area contributed by atoms with E-state index < -0.39 is 0 Å². The van der Waals surface area contributed by atoms with E-state index in [1.807, 2.05) is 36.7 Å². The molecule has 4 aromatic rings. The fraction of sp³-hybridized carbons (Fsp3) is 0.200. The van der Waals surface area contributed by atoms with E-state index in [2.05, 4.69) is 40.3 Å². The zero-order valence-corrected chi connectivity index (χ0v) is 16.3. The minimum atomic E-state index is -0.319. The topological polar surface area (TPSA) is 55.0 Å². The van der Waals surface area contributed by atoms with Crippen LogP contribution in [0.1, 0.15) is 45.9 Å². The molecule has 0 spiro atoms. The molecule has 1 N–H and O–H groups in total. The van der Waals surface area contributed by atoms with Gasteiger partial charge >= 0.3 is 5.97 Å². The van der Waals surface area contributed by atoms with Gasteiger partial charge in [-0.05, 0) is 59.7 Å². The predicted molar refractivity (Wildman–Crippen MR) is 114 cm³/mol. The summed E-state index contributed by atoms with van der Waals surface area (Å²) in [6.07, 6.45) is 6.81. The van der Waals surface area contributed by atoms with Gasteiger partial charge in [0.2, 0.25) is 0 Å². The molecule has 144 valence electrons. The van der Waals surface area contributed by atoms with Crippen LogP contribution >= 0.6 is 0 Å². The molecule has 1 aliphatic rings. The van der Waals surface area contributed by atoms with Crippen molar-refractivity contribution in [2.75, 3.05) is 7.11 Å². The third-order valence-electron chi connectivity index (χ3n) is 5.62. The van der Waals surface area contributed by atoms with Crippen LogP contribution in [0, 0.1) is 0 Å². The Kier molecular flexibility index (Phi) is 4.39. The molecule has 2 heterocycles. The maximum Gasteiger partial charge on any atom is 0.339 e. The van der Waals surface area contributed by atoms with Crippen LogP contribution in [0.3, 0.4) is 0 Å². The van der Waals surface area contributed by atoms with Crippen LogP contribution in [0.2, 0.25) is 0 Å². The summed E-state index contributed by atoms with van der Waals surface area (Å²) in [7, 11) is 1.43. The number of pyridine rings is 1. The maximum absolute atomic E-state index is 12.4. The standard InChI is InChI=1S/C25H22N2O2/c1-29-25(28)22-14-20(17-7-8-17)15-27-23(22)13-16-11-19-9-10-26-24(19)21(12-16)18-5-3-2-4-6-18/h2-6,9-12,14-15,17,26H,7-8,13H2,1H3. The van der Waals surface area contributed by atoms with Crippen molar-refractivity contribution in [2.45, 2.75) is 25.2 Å². The molecular weight excluding hydrogens is 360 g/mol. The minimum absolute atomic E-state index is 0.319. The summed E-state index contributed by atoms with van der Waals surface area (Å²) in [5.41, 5.74) is 7.02. The molecule has 0 radical (unpaired) electrons. The maximum atomic E-state index is 12.4. The van der Waals surface area contributed by atoms with Gasteiger partial charge in [-0.3, -0.25) is 4.98 Å². The van der Waals surface area contributed by atoms with Crippen molar-refractivity contribution < 1.29 is 9.53 Å². The third-order valence-corrected chi connectivity index (χ3v) is 5.62. The van der Waals surface area contributed by atoms with Crippen molar-refractivity contribution in [1.82, 2.24) is 9.97 Å². The van der Waals surface area contributed by atoms with Gasteiger partial charge in [0.25, 0.3) is 0 Å². The van der Waals surface area contributed by atoms with Crippen LogP contribution in [0.25, 0.3) is 22.0 Å². The van der Waals surface area contributed by atoms with E-state index in [0.29, 0.717) is 17.9 Å². The smallest absolute Gasteiger partial charge is 0.339 e. The number of aromatic amines is 1. The molecule has 2 aromatic carbocycles. The fourth-order valence-corrected chi connectivity index (χ4v) is 3.95. The van der Waals surface area contributed by atoms with Gasteiger partial charge in [0, 0.05) is 29.8 Å². The fourth-order valence-electron chi connectivity index (χ4n) is 3.95. The Morgan fingerprint density at radius 1 is 1.14 bits per heavy atom. The van der Waals surface area contributed by atoms with Gasteiger partial charge in [0.1, 0.15) is 0 Å². The van der Waals surface area contributed by atoms with Crippen LogP contribution in [0.5, 0.6) is 0 Å². The molecule has 29 heavy (non-hydrogen) atoms. The molecule has 1 saturated carbocycles. The number of nitrogens with one attached hydrogen (secondary N) is 1. The Bertz CT molecular complexity index is 1190. The van der Waals surface area contributed by atoms with Crippen LogP contribution in [-0.2, 0) is 11.2 Å². The Balaban J connectivity index is 1.58. The Morgan fingerprint density at radius 3 is 2.72 bits per heavy atom. The number of H-pyrrole nitrogens is 1. The van der Waals surface area contributed by atoms with Gasteiger partial charge < -0.3 is 9.72 Å². The summed E-state index contributed by atoms with van der Waals surface area (Å²) >= 11 is 0. The molecule has 5 rings (SSSR count). The monoisotopic (exact) mass is 382 g/mol. The lowest BCUT2D eigenvalue weighted by Crippen LogP contribution is -2.09. The number of aromatic nitrogens is 2. The van der Waals surface area contributed by atoms with E-state index in [4.69, 9.17) is 4.74 Å². The predicted octanol–water partition coefficient (Wildman–Crippen LogP) is 5.48. The zero-order chi connectivity index (χ0) is 19.8. The summed E-state index contributed by atoms with van der Waals surface area (Å²) in [6.45, 7) is 0. The summed E-state index contributed by atoms with van der Waals surface area (Å²) < 4.78 is 5.04. The van der Waals surface area contributed by atoms with Gasteiger partial charge in [-0.25, -0.2) is 4.79 Å². The molecule has 0 atom stereocenters. The average Bonchev–Trinajstić information content (AvgIpc) is 3.51. The first-order chi connectivity index (χ1) is 14.2. The molecular formula is C25H22N2O2. The number of fused-ring (bicyclic) bond motifs is 1. The highest BCUT2D eigenvalue weighted by molar-refractivity contribution is 5.95. The van der Waals surface area contributed by atoms with Crippen LogP contribution < -0.4 is 0 Å². The lowest BCUT2D eigenvalue weighted by molar-refractivity contribution is 0.0599. The number of benzene rings is 2. The minimum Gasteiger partial charge on any atom is -0.465 e. The molecule has 0 aliphatic heterocycles. The van der Waals surface area contributed by atoms with Crippen LogP contribution in [-0.4, -0.2) is 23.0 Å². The van der Waals surface area contributed by atoms with Crippen molar-refractivity contribution in [2.24, 2.45) is 0 Å². The molecule has 0 saturated heterocycles. The molecule has 1 fully saturated rings. The lowest BCUT2D eigenvalue weighted by Gasteiger charge is -2.12. The highest BCUT2D eigenvalue weighted by Crippen LogP contribution is 2.40. The average molecular weight is 382 g/mol. The molecule has 4 nitrogen and oxygen atoms in total. The Labute approximate surface area is 169 Å². The van der Waals surface area contributed by atoms with E-state index in [0.717, 1.165) is 38.9 Å². The van der Waals surface area contributed by atoms with E-state index in [9.17, 15) is 4.79 Å². The largest absolute Gasteiger partial charge is 0.465 e. The number of ether oxygens (including phenoxy) is 1. The second kappa shape index (κ2) is 7.21. The van der Waals surface area contributed by atoms with E-state index in [1.54, 1.807) is 0 Å².